The van der Waals surface area contributed by atoms with Crippen molar-refractivity contribution in [2.24, 2.45) is 0 Å². The van der Waals surface area contributed by atoms with E-state index >= 15 is 0 Å². The highest BCUT2D eigenvalue weighted by Crippen LogP contribution is 2.13. The lowest BCUT2D eigenvalue weighted by atomic mass is 10.1. The Morgan fingerprint density at radius 1 is 0.967 bits per heavy atom. The second kappa shape index (κ2) is 14.4. The van der Waals surface area contributed by atoms with Gasteiger partial charge in [0, 0.05) is 12.2 Å². The van der Waals surface area contributed by atoms with E-state index in [1.807, 2.05) is 0 Å². The monoisotopic (exact) mass is 420 g/mol. The van der Waals surface area contributed by atoms with Crippen molar-refractivity contribution < 1.29 is 28.5 Å². The zero-order valence-corrected chi connectivity index (χ0v) is 18.0. The molecule has 30 heavy (non-hydrogen) atoms. The molecule has 0 heterocycles. The molecule has 1 aromatic carbocycles. The molecule has 0 bridgehead atoms. The highest BCUT2D eigenvalue weighted by atomic mass is 16.6. The fourth-order valence-corrected chi connectivity index (χ4v) is 2.21. The first-order chi connectivity index (χ1) is 14.3. The van der Waals surface area contributed by atoms with Crippen LogP contribution in [0, 0.1) is 12.3 Å². The fraction of sp³-hybridized carbons (Fsp3) is 0.545. The molecule has 0 aliphatic rings. The van der Waals surface area contributed by atoms with Crippen LogP contribution in [0.3, 0.4) is 0 Å². The van der Waals surface area contributed by atoms with Crippen molar-refractivity contribution in [3.63, 3.8) is 0 Å². The fourth-order valence-electron chi connectivity index (χ4n) is 2.21. The second-order valence-electron chi connectivity index (χ2n) is 7.33. The number of terminal acetylenes is 1. The molecule has 8 nitrogen and oxygen atoms in total. The molecule has 0 aromatic heterocycles. The van der Waals surface area contributed by atoms with Crippen molar-refractivity contribution in [1.29, 1.82) is 0 Å². The SMILES string of the molecule is C#CCOCCOCCOCCNC(=O)Cc1ccc(NC(=O)OC(C)(C)C)cc1. The molecule has 1 aromatic rings. The Balaban J connectivity index is 2.12. The van der Waals surface area contributed by atoms with Crippen molar-refractivity contribution in [2.75, 3.05) is 51.5 Å². The van der Waals surface area contributed by atoms with Gasteiger partial charge in [-0.25, -0.2) is 4.79 Å². The molecule has 2 N–H and O–H groups in total. The van der Waals surface area contributed by atoms with Gasteiger partial charge in [0.2, 0.25) is 5.91 Å². The lowest BCUT2D eigenvalue weighted by Gasteiger charge is -2.19. The minimum atomic E-state index is -0.559. The number of carbonyl (C=O) groups excluding carboxylic acids is 2. The Bertz CT molecular complexity index is 676. The Labute approximate surface area is 178 Å². The third-order valence-electron chi connectivity index (χ3n) is 3.46. The molecular formula is C22H32N2O6. The zero-order valence-electron chi connectivity index (χ0n) is 18.0. The molecule has 0 aliphatic carbocycles. The van der Waals surface area contributed by atoms with Gasteiger partial charge in [-0.1, -0.05) is 18.1 Å². The highest BCUT2D eigenvalue weighted by Gasteiger charge is 2.16. The predicted octanol–water partition coefficient (Wildman–Crippen LogP) is 2.38. The van der Waals surface area contributed by atoms with Crippen LogP contribution < -0.4 is 10.6 Å². The molecule has 0 radical (unpaired) electrons. The third-order valence-corrected chi connectivity index (χ3v) is 3.46. The van der Waals surface area contributed by atoms with Gasteiger partial charge >= 0.3 is 6.09 Å². The molecule has 1 rings (SSSR count). The molecule has 0 saturated carbocycles. The number of anilines is 1. The molecule has 166 valence electrons. The first-order valence-corrected chi connectivity index (χ1v) is 9.82. The number of benzene rings is 1. The van der Waals surface area contributed by atoms with Gasteiger partial charge in [0.15, 0.2) is 0 Å². The molecule has 0 spiro atoms. The van der Waals surface area contributed by atoms with Gasteiger partial charge in [-0.2, -0.15) is 0 Å². The first kappa shape index (κ1) is 25.4. The van der Waals surface area contributed by atoms with Crippen molar-refractivity contribution in [2.45, 2.75) is 32.8 Å². The van der Waals surface area contributed by atoms with Crippen molar-refractivity contribution in [1.82, 2.24) is 5.32 Å². The minimum Gasteiger partial charge on any atom is -0.444 e. The highest BCUT2D eigenvalue weighted by molar-refractivity contribution is 5.85. The largest absolute Gasteiger partial charge is 0.444 e. The predicted molar refractivity (Wildman–Crippen MR) is 114 cm³/mol. The molecule has 0 fully saturated rings. The van der Waals surface area contributed by atoms with E-state index < -0.39 is 11.7 Å². The summed E-state index contributed by atoms with van der Waals surface area (Å²) in [5.74, 6) is 2.27. The summed E-state index contributed by atoms with van der Waals surface area (Å²) >= 11 is 0. The van der Waals surface area contributed by atoms with Gasteiger partial charge in [-0.15, -0.1) is 6.42 Å². The third kappa shape index (κ3) is 13.6. The van der Waals surface area contributed by atoms with E-state index in [9.17, 15) is 9.59 Å². The minimum absolute atomic E-state index is 0.103. The van der Waals surface area contributed by atoms with Crippen LogP contribution in [-0.2, 0) is 30.2 Å². The summed E-state index contributed by atoms with van der Waals surface area (Å²) in [7, 11) is 0. The summed E-state index contributed by atoms with van der Waals surface area (Å²) in [6, 6.07) is 7.03. The van der Waals surface area contributed by atoms with Crippen LogP contribution >= 0.6 is 0 Å². The van der Waals surface area contributed by atoms with Crippen molar-refractivity contribution in [3.8, 4) is 12.3 Å². The number of amides is 2. The number of ether oxygens (including phenoxy) is 4. The first-order valence-electron chi connectivity index (χ1n) is 9.82. The van der Waals surface area contributed by atoms with E-state index in [1.165, 1.54) is 0 Å². The standard InChI is InChI=1S/C22H32N2O6/c1-5-11-27-13-15-29-16-14-28-12-10-23-20(25)17-18-6-8-19(9-7-18)24-21(26)30-22(2,3)4/h1,6-9H,10-17H2,2-4H3,(H,23,25)(H,24,26). The summed E-state index contributed by atoms with van der Waals surface area (Å²) in [5.41, 5.74) is 0.881. The Kier molecular flexibility index (Phi) is 12.2. The van der Waals surface area contributed by atoms with Gasteiger partial charge in [-0.3, -0.25) is 10.1 Å². The van der Waals surface area contributed by atoms with E-state index in [0.29, 0.717) is 45.3 Å². The Morgan fingerprint density at radius 3 is 2.17 bits per heavy atom. The van der Waals surface area contributed by atoms with E-state index in [4.69, 9.17) is 25.4 Å². The Morgan fingerprint density at radius 2 is 1.57 bits per heavy atom. The van der Waals surface area contributed by atoms with E-state index in [1.54, 1.807) is 45.0 Å². The van der Waals surface area contributed by atoms with Gasteiger partial charge in [-0.05, 0) is 38.5 Å². The van der Waals surface area contributed by atoms with Gasteiger partial charge in [0.1, 0.15) is 12.2 Å². The normalized spacial score (nSPS) is 10.9. The molecule has 2 amide bonds. The molecular weight excluding hydrogens is 388 g/mol. The molecule has 8 heteroatoms. The van der Waals surface area contributed by atoms with Crippen LogP contribution in [0.1, 0.15) is 26.3 Å². The van der Waals surface area contributed by atoms with Crippen LogP contribution in [0.2, 0.25) is 0 Å². The average molecular weight is 421 g/mol. The molecule has 0 saturated heterocycles. The number of carbonyl (C=O) groups is 2. The van der Waals surface area contributed by atoms with Crippen LogP contribution in [0.5, 0.6) is 0 Å². The van der Waals surface area contributed by atoms with Gasteiger partial charge in [0.25, 0.3) is 0 Å². The topological polar surface area (TPSA) is 95.1 Å². The Hall–Kier alpha value is -2.60. The van der Waals surface area contributed by atoms with Crippen LogP contribution in [0.4, 0.5) is 10.5 Å². The van der Waals surface area contributed by atoms with Crippen molar-refractivity contribution >= 4 is 17.7 Å². The molecule has 0 aliphatic heterocycles. The smallest absolute Gasteiger partial charge is 0.412 e. The van der Waals surface area contributed by atoms with E-state index in [-0.39, 0.29) is 18.9 Å². The van der Waals surface area contributed by atoms with E-state index in [2.05, 4.69) is 16.6 Å². The van der Waals surface area contributed by atoms with Crippen LogP contribution in [-0.4, -0.2) is 63.8 Å². The lowest BCUT2D eigenvalue weighted by Crippen LogP contribution is -2.29. The van der Waals surface area contributed by atoms with Crippen molar-refractivity contribution in [3.05, 3.63) is 29.8 Å². The number of nitrogens with one attached hydrogen (secondary N) is 2. The maximum Gasteiger partial charge on any atom is 0.412 e. The van der Waals surface area contributed by atoms with Crippen LogP contribution in [0.15, 0.2) is 24.3 Å². The van der Waals surface area contributed by atoms with Gasteiger partial charge < -0.3 is 24.3 Å². The molecule has 0 unspecified atom stereocenters. The second-order valence-corrected chi connectivity index (χ2v) is 7.33. The lowest BCUT2D eigenvalue weighted by molar-refractivity contribution is -0.120. The van der Waals surface area contributed by atoms with E-state index in [0.717, 1.165) is 5.56 Å². The summed E-state index contributed by atoms with van der Waals surface area (Å²) in [4.78, 5) is 23.7. The number of rotatable bonds is 13. The number of hydrogen-bond donors (Lipinski definition) is 2. The average Bonchev–Trinajstić information content (AvgIpc) is 2.66. The van der Waals surface area contributed by atoms with Gasteiger partial charge in [0.05, 0.1) is 39.5 Å². The number of hydrogen-bond acceptors (Lipinski definition) is 6. The summed E-state index contributed by atoms with van der Waals surface area (Å²) in [6.45, 7) is 8.32. The maximum absolute atomic E-state index is 12.0. The zero-order chi connectivity index (χ0) is 22.2. The summed E-state index contributed by atoms with van der Waals surface area (Å²) in [6.07, 6.45) is 4.78. The van der Waals surface area contributed by atoms with Crippen LogP contribution in [0.25, 0.3) is 0 Å². The maximum atomic E-state index is 12.0. The molecule has 0 atom stereocenters. The quantitative estimate of drug-likeness (QED) is 0.376. The summed E-state index contributed by atoms with van der Waals surface area (Å²) < 4.78 is 21.0. The summed E-state index contributed by atoms with van der Waals surface area (Å²) in [5, 5.41) is 5.45.